The number of carbonyl (C=O) groups is 1. The molecule has 1 unspecified atom stereocenters. The van der Waals surface area contributed by atoms with E-state index in [1.807, 2.05) is 6.92 Å². The first kappa shape index (κ1) is 9.43. The molecule has 10 heavy (non-hydrogen) atoms. The summed E-state index contributed by atoms with van der Waals surface area (Å²) in [7, 11) is 1.35. The van der Waals surface area contributed by atoms with Gasteiger partial charge in [-0.15, -0.1) is 0 Å². The van der Waals surface area contributed by atoms with Crippen molar-refractivity contribution in [2.75, 3.05) is 7.11 Å². The molecule has 2 N–H and O–H groups in total. The third-order valence-corrected chi connectivity index (χ3v) is 1.42. The highest BCUT2D eigenvalue weighted by Crippen LogP contribution is 2.09. The molecule has 0 saturated carbocycles. The minimum absolute atomic E-state index is 0.339. The van der Waals surface area contributed by atoms with Crippen molar-refractivity contribution in [3.05, 3.63) is 0 Å². The average molecular weight is 145 g/mol. The van der Waals surface area contributed by atoms with Gasteiger partial charge in [-0.2, -0.15) is 0 Å². The Bertz CT molecular complexity index is 121. The summed E-state index contributed by atoms with van der Waals surface area (Å²) in [5, 5.41) is 0. The van der Waals surface area contributed by atoms with Crippen molar-refractivity contribution < 1.29 is 9.53 Å². The summed E-state index contributed by atoms with van der Waals surface area (Å²) < 4.78 is 4.50. The maximum atomic E-state index is 10.9. The Balaban J connectivity index is 3.96. The van der Waals surface area contributed by atoms with Gasteiger partial charge in [-0.3, -0.25) is 4.79 Å². The lowest BCUT2D eigenvalue weighted by molar-refractivity contribution is -0.146. The molecule has 0 radical (unpaired) electrons. The van der Waals surface area contributed by atoms with Gasteiger partial charge < -0.3 is 10.5 Å². The Hall–Kier alpha value is -0.570. The molecule has 0 aromatic carbocycles. The fraction of sp³-hybridized carbons (Fsp3) is 0.857. The second-order valence-corrected chi connectivity index (χ2v) is 2.66. The van der Waals surface area contributed by atoms with Crippen LogP contribution in [0.4, 0.5) is 0 Å². The lowest BCUT2D eigenvalue weighted by Crippen LogP contribution is -2.45. The van der Waals surface area contributed by atoms with Crippen molar-refractivity contribution in [1.82, 2.24) is 0 Å². The van der Waals surface area contributed by atoms with E-state index in [4.69, 9.17) is 5.73 Å². The minimum Gasteiger partial charge on any atom is -0.468 e. The Morgan fingerprint density at radius 1 is 1.70 bits per heavy atom. The predicted molar refractivity (Wildman–Crippen MR) is 39.5 cm³/mol. The summed E-state index contributed by atoms with van der Waals surface area (Å²) in [6, 6.07) is 0. The summed E-state index contributed by atoms with van der Waals surface area (Å²) in [4.78, 5) is 10.9. The van der Waals surface area contributed by atoms with Crippen molar-refractivity contribution in [2.24, 2.45) is 5.73 Å². The molecule has 0 fully saturated rings. The zero-order valence-corrected chi connectivity index (χ0v) is 6.81. The smallest absolute Gasteiger partial charge is 0.325 e. The molecule has 0 aromatic rings. The fourth-order valence-electron chi connectivity index (χ4n) is 0.855. The minimum atomic E-state index is -0.802. The van der Waals surface area contributed by atoms with Gasteiger partial charge in [0, 0.05) is 0 Å². The topological polar surface area (TPSA) is 52.3 Å². The number of ether oxygens (including phenoxy) is 1. The highest BCUT2D eigenvalue weighted by Gasteiger charge is 2.27. The maximum absolute atomic E-state index is 10.9. The molecule has 0 saturated heterocycles. The van der Waals surface area contributed by atoms with Crippen LogP contribution in [0.25, 0.3) is 0 Å². The summed E-state index contributed by atoms with van der Waals surface area (Å²) in [6.07, 6.45) is 1.56. The van der Waals surface area contributed by atoms with Crippen molar-refractivity contribution in [3.8, 4) is 0 Å². The summed E-state index contributed by atoms with van der Waals surface area (Å²) in [6.45, 7) is 3.66. The molecule has 0 aliphatic carbocycles. The van der Waals surface area contributed by atoms with E-state index in [2.05, 4.69) is 4.74 Å². The summed E-state index contributed by atoms with van der Waals surface area (Å²) in [5.74, 6) is -0.339. The largest absolute Gasteiger partial charge is 0.468 e. The van der Waals surface area contributed by atoms with Crippen molar-refractivity contribution in [3.63, 3.8) is 0 Å². The van der Waals surface area contributed by atoms with Gasteiger partial charge in [0.25, 0.3) is 0 Å². The van der Waals surface area contributed by atoms with Gasteiger partial charge in [0.05, 0.1) is 7.11 Å². The van der Waals surface area contributed by atoms with Crippen molar-refractivity contribution >= 4 is 5.97 Å². The van der Waals surface area contributed by atoms with Crippen LogP contribution in [0.15, 0.2) is 0 Å². The molecule has 0 aliphatic heterocycles. The van der Waals surface area contributed by atoms with Crippen LogP contribution in [0.1, 0.15) is 26.7 Å². The van der Waals surface area contributed by atoms with E-state index in [0.717, 1.165) is 6.42 Å². The first-order valence-corrected chi connectivity index (χ1v) is 3.42. The molecule has 0 spiro atoms. The second-order valence-electron chi connectivity index (χ2n) is 2.66. The molecule has 60 valence electrons. The molecule has 3 heteroatoms. The normalized spacial score (nSPS) is 16.0. The quantitative estimate of drug-likeness (QED) is 0.594. The number of methoxy groups -OCH3 is 1. The number of rotatable bonds is 3. The van der Waals surface area contributed by atoms with E-state index in [0.29, 0.717) is 6.42 Å². The van der Waals surface area contributed by atoms with Gasteiger partial charge in [-0.05, 0) is 13.3 Å². The van der Waals surface area contributed by atoms with E-state index < -0.39 is 5.54 Å². The predicted octanol–water partition coefficient (Wildman–Crippen LogP) is 0.677. The molecular formula is C7H15NO2. The van der Waals surface area contributed by atoms with E-state index >= 15 is 0 Å². The zero-order chi connectivity index (χ0) is 8.20. The van der Waals surface area contributed by atoms with Gasteiger partial charge in [-0.1, -0.05) is 13.3 Å². The highest BCUT2D eigenvalue weighted by molar-refractivity contribution is 5.79. The summed E-state index contributed by atoms with van der Waals surface area (Å²) >= 11 is 0. The third kappa shape index (κ3) is 2.35. The maximum Gasteiger partial charge on any atom is 0.325 e. The number of hydrogen-bond acceptors (Lipinski definition) is 3. The van der Waals surface area contributed by atoms with Gasteiger partial charge in [-0.25, -0.2) is 0 Å². The number of nitrogens with two attached hydrogens (primary N) is 1. The molecule has 1 atom stereocenters. The van der Waals surface area contributed by atoms with Crippen LogP contribution in [0, 0.1) is 0 Å². The molecule has 0 amide bonds. The van der Waals surface area contributed by atoms with E-state index in [1.54, 1.807) is 6.92 Å². The van der Waals surface area contributed by atoms with E-state index in [1.165, 1.54) is 7.11 Å². The molecule has 0 bridgehead atoms. The zero-order valence-electron chi connectivity index (χ0n) is 6.81. The first-order valence-electron chi connectivity index (χ1n) is 3.42. The highest BCUT2D eigenvalue weighted by atomic mass is 16.5. The molecule has 0 heterocycles. The fourth-order valence-corrected chi connectivity index (χ4v) is 0.855. The molecule has 3 nitrogen and oxygen atoms in total. The molecule has 0 aromatic heterocycles. The lowest BCUT2D eigenvalue weighted by atomic mass is 9.98. The Morgan fingerprint density at radius 3 is 2.50 bits per heavy atom. The Labute approximate surface area is 61.5 Å². The standard InChI is InChI=1S/C7H15NO2/c1-4-5-7(2,8)6(9)10-3/h4-5,8H2,1-3H3. The monoisotopic (exact) mass is 145 g/mol. The Morgan fingerprint density at radius 2 is 2.20 bits per heavy atom. The van der Waals surface area contributed by atoms with Crippen molar-refractivity contribution in [2.45, 2.75) is 32.2 Å². The number of esters is 1. The second kappa shape index (κ2) is 3.56. The van der Waals surface area contributed by atoms with Gasteiger partial charge in [0.1, 0.15) is 5.54 Å². The van der Waals surface area contributed by atoms with Crippen LogP contribution >= 0.6 is 0 Å². The first-order chi connectivity index (χ1) is 4.54. The van der Waals surface area contributed by atoms with Crippen LogP contribution in [0.3, 0.4) is 0 Å². The van der Waals surface area contributed by atoms with Crippen LogP contribution in [0.5, 0.6) is 0 Å². The van der Waals surface area contributed by atoms with Crippen LogP contribution in [0.2, 0.25) is 0 Å². The van der Waals surface area contributed by atoms with Crippen LogP contribution < -0.4 is 5.73 Å². The molecule has 0 aliphatic rings. The van der Waals surface area contributed by atoms with E-state index in [9.17, 15) is 4.79 Å². The van der Waals surface area contributed by atoms with Crippen LogP contribution in [-0.2, 0) is 9.53 Å². The Kier molecular flexibility index (Phi) is 3.36. The number of carbonyl (C=O) groups excluding carboxylic acids is 1. The van der Waals surface area contributed by atoms with Gasteiger partial charge in [0.2, 0.25) is 0 Å². The SMILES string of the molecule is CCCC(C)(N)C(=O)OC. The number of hydrogen-bond donors (Lipinski definition) is 1. The molecular weight excluding hydrogens is 130 g/mol. The van der Waals surface area contributed by atoms with E-state index in [-0.39, 0.29) is 5.97 Å². The van der Waals surface area contributed by atoms with Crippen LogP contribution in [-0.4, -0.2) is 18.6 Å². The lowest BCUT2D eigenvalue weighted by Gasteiger charge is -2.19. The molecule has 0 rings (SSSR count). The van der Waals surface area contributed by atoms with Gasteiger partial charge in [0.15, 0.2) is 0 Å². The average Bonchev–Trinajstić information content (AvgIpc) is 1.86. The van der Waals surface area contributed by atoms with Gasteiger partial charge >= 0.3 is 5.97 Å². The third-order valence-electron chi connectivity index (χ3n) is 1.42. The van der Waals surface area contributed by atoms with Crippen molar-refractivity contribution in [1.29, 1.82) is 0 Å². The summed E-state index contributed by atoms with van der Waals surface area (Å²) in [5.41, 5.74) is 4.80.